The lowest BCUT2D eigenvalue weighted by Crippen LogP contribution is -2.46. The summed E-state index contributed by atoms with van der Waals surface area (Å²) in [6, 6.07) is 11.0. The molecule has 1 aliphatic heterocycles. The zero-order chi connectivity index (χ0) is 16.2. The first-order valence-electron chi connectivity index (χ1n) is 8.27. The standard InChI is InChI=1S/C19H29N3/c1-18(2,3)19(7-10-20)8-11-22(12-9-19)15-17-6-4-5-16(13-17)14-21/h4-6,13H,7-9,11-12,14-15,21H2,1-3H3. The molecule has 2 N–H and O–H groups in total. The molecule has 0 bridgehead atoms. The number of likely N-dealkylation sites (tertiary alicyclic amines) is 1. The van der Waals surface area contributed by atoms with Gasteiger partial charge in [0.1, 0.15) is 0 Å². The smallest absolute Gasteiger partial charge is 0.0627 e. The first-order chi connectivity index (χ1) is 10.4. The quantitative estimate of drug-likeness (QED) is 0.922. The summed E-state index contributed by atoms with van der Waals surface area (Å²) >= 11 is 0. The van der Waals surface area contributed by atoms with Crippen molar-refractivity contribution in [2.75, 3.05) is 13.1 Å². The van der Waals surface area contributed by atoms with Crippen molar-refractivity contribution in [3.05, 3.63) is 35.4 Å². The van der Waals surface area contributed by atoms with Crippen LogP contribution in [0.2, 0.25) is 0 Å². The van der Waals surface area contributed by atoms with Gasteiger partial charge in [0, 0.05) is 19.5 Å². The van der Waals surface area contributed by atoms with E-state index in [2.05, 4.69) is 56.0 Å². The molecule has 22 heavy (non-hydrogen) atoms. The Bertz CT molecular complexity index is 528. The van der Waals surface area contributed by atoms with Gasteiger partial charge in [-0.1, -0.05) is 45.0 Å². The molecule has 3 heteroatoms. The molecule has 0 radical (unpaired) electrons. The summed E-state index contributed by atoms with van der Waals surface area (Å²) in [5.74, 6) is 0. The van der Waals surface area contributed by atoms with Crippen molar-refractivity contribution in [3.63, 3.8) is 0 Å². The van der Waals surface area contributed by atoms with E-state index in [1.165, 1.54) is 11.1 Å². The predicted molar refractivity (Wildman–Crippen MR) is 91.0 cm³/mol. The van der Waals surface area contributed by atoms with Crippen LogP contribution in [0.1, 0.15) is 51.2 Å². The molecule has 1 aromatic rings. The van der Waals surface area contributed by atoms with E-state index in [1.807, 2.05) is 0 Å². The van der Waals surface area contributed by atoms with Crippen molar-refractivity contribution in [1.82, 2.24) is 4.90 Å². The van der Waals surface area contributed by atoms with Crippen molar-refractivity contribution >= 4 is 0 Å². The Morgan fingerprint density at radius 1 is 1.23 bits per heavy atom. The van der Waals surface area contributed by atoms with Gasteiger partial charge in [-0.15, -0.1) is 0 Å². The second-order valence-corrected chi connectivity index (χ2v) is 7.67. The highest BCUT2D eigenvalue weighted by Gasteiger charge is 2.43. The molecule has 0 saturated carbocycles. The van der Waals surface area contributed by atoms with Crippen LogP contribution in [0, 0.1) is 22.2 Å². The van der Waals surface area contributed by atoms with Gasteiger partial charge < -0.3 is 5.73 Å². The molecule has 0 aromatic heterocycles. The molecule has 1 aromatic carbocycles. The van der Waals surface area contributed by atoms with E-state index >= 15 is 0 Å². The largest absolute Gasteiger partial charge is 0.326 e. The Hall–Kier alpha value is -1.37. The minimum atomic E-state index is 0.164. The predicted octanol–water partition coefficient (Wildman–Crippen LogP) is 3.69. The molecule has 1 heterocycles. The van der Waals surface area contributed by atoms with E-state index in [0.29, 0.717) is 13.0 Å². The van der Waals surface area contributed by atoms with Crippen molar-refractivity contribution in [3.8, 4) is 6.07 Å². The normalized spacial score (nSPS) is 18.9. The molecule has 3 nitrogen and oxygen atoms in total. The van der Waals surface area contributed by atoms with Crippen LogP contribution in [-0.2, 0) is 13.1 Å². The SMILES string of the molecule is CC(C)(C)C1(CC#N)CCN(Cc2cccc(CN)c2)CC1. The monoisotopic (exact) mass is 299 g/mol. The van der Waals surface area contributed by atoms with Crippen LogP contribution in [0.15, 0.2) is 24.3 Å². The van der Waals surface area contributed by atoms with Crippen LogP contribution in [-0.4, -0.2) is 18.0 Å². The summed E-state index contributed by atoms with van der Waals surface area (Å²) in [7, 11) is 0. The third kappa shape index (κ3) is 3.69. The fourth-order valence-corrected chi connectivity index (χ4v) is 3.60. The van der Waals surface area contributed by atoms with E-state index in [1.54, 1.807) is 0 Å². The van der Waals surface area contributed by atoms with Crippen molar-refractivity contribution < 1.29 is 0 Å². The summed E-state index contributed by atoms with van der Waals surface area (Å²) in [5.41, 5.74) is 8.61. The molecule has 0 atom stereocenters. The third-order valence-corrected chi connectivity index (χ3v) is 5.45. The Balaban J connectivity index is 2.00. The number of benzene rings is 1. The van der Waals surface area contributed by atoms with E-state index in [4.69, 9.17) is 5.73 Å². The van der Waals surface area contributed by atoms with Gasteiger partial charge in [-0.05, 0) is 47.9 Å². The van der Waals surface area contributed by atoms with Crippen LogP contribution in [0.25, 0.3) is 0 Å². The molecule has 1 saturated heterocycles. The van der Waals surface area contributed by atoms with Gasteiger partial charge in [0.15, 0.2) is 0 Å². The highest BCUT2D eigenvalue weighted by atomic mass is 15.1. The summed E-state index contributed by atoms with van der Waals surface area (Å²) in [4.78, 5) is 2.51. The maximum atomic E-state index is 9.23. The summed E-state index contributed by atoms with van der Waals surface area (Å²) in [6.07, 6.45) is 2.90. The average molecular weight is 299 g/mol. The highest BCUT2D eigenvalue weighted by Crippen LogP contribution is 2.49. The van der Waals surface area contributed by atoms with Crippen LogP contribution in [0.3, 0.4) is 0 Å². The van der Waals surface area contributed by atoms with Gasteiger partial charge in [0.05, 0.1) is 6.07 Å². The van der Waals surface area contributed by atoms with Crippen LogP contribution >= 0.6 is 0 Å². The summed E-state index contributed by atoms with van der Waals surface area (Å²) in [5, 5.41) is 9.23. The maximum absolute atomic E-state index is 9.23. The summed E-state index contributed by atoms with van der Waals surface area (Å²) < 4.78 is 0. The summed E-state index contributed by atoms with van der Waals surface area (Å²) in [6.45, 7) is 10.6. The van der Waals surface area contributed by atoms with Crippen LogP contribution in [0.4, 0.5) is 0 Å². The lowest BCUT2D eigenvalue weighted by atomic mass is 9.60. The average Bonchev–Trinajstić information content (AvgIpc) is 2.49. The molecule has 2 rings (SSSR count). The molecular weight excluding hydrogens is 270 g/mol. The molecular formula is C19H29N3. The topological polar surface area (TPSA) is 53.0 Å². The van der Waals surface area contributed by atoms with Gasteiger partial charge in [0.25, 0.3) is 0 Å². The molecule has 0 amide bonds. The van der Waals surface area contributed by atoms with Crippen molar-refractivity contribution in [2.45, 2.75) is 53.1 Å². The lowest BCUT2D eigenvalue weighted by molar-refractivity contribution is 0.00710. The first-order valence-corrected chi connectivity index (χ1v) is 8.27. The van der Waals surface area contributed by atoms with Gasteiger partial charge in [-0.3, -0.25) is 4.90 Å². The fraction of sp³-hybridized carbons (Fsp3) is 0.632. The second-order valence-electron chi connectivity index (χ2n) is 7.67. The maximum Gasteiger partial charge on any atom is 0.0627 e. The van der Waals surface area contributed by atoms with E-state index < -0.39 is 0 Å². The molecule has 120 valence electrons. The van der Waals surface area contributed by atoms with E-state index in [-0.39, 0.29) is 10.8 Å². The number of nitrogens with two attached hydrogens (primary N) is 1. The van der Waals surface area contributed by atoms with Gasteiger partial charge in [-0.2, -0.15) is 5.26 Å². The molecule has 1 fully saturated rings. The molecule has 0 aliphatic carbocycles. The molecule has 1 aliphatic rings. The number of nitriles is 1. The second kappa shape index (κ2) is 6.81. The minimum Gasteiger partial charge on any atom is -0.326 e. The number of piperidine rings is 1. The van der Waals surface area contributed by atoms with Gasteiger partial charge >= 0.3 is 0 Å². The Morgan fingerprint density at radius 3 is 2.41 bits per heavy atom. The Morgan fingerprint density at radius 2 is 1.86 bits per heavy atom. The zero-order valence-electron chi connectivity index (χ0n) is 14.2. The first kappa shape index (κ1) is 17.0. The van der Waals surface area contributed by atoms with Crippen molar-refractivity contribution in [2.24, 2.45) is 16.6 Å². The van der Waals surface area contributed by atoms with Gasteiger partial charge in [-0.25, -0.2) is 0 Å². The van der Waals surface area contributed by atoms with Crippen LogP contribution in [0.5, 0.6) is 0 Å². The van der Waals surface area contributed by atoms with E-state index in [9.17, 15) is 5.26 Å². The lowest BCUT2D eigenvalue weighted by Gasteiger charge is -2.49. The minimum absolute atomic E-state index is 0.164. The van der Waals surface area contributed by atoms with Crippen LogP contribution < -0.4 is 5.73 Å². The number of nitrogens with zero attached hydrogens (tertiary/aromatic N) is 2. The number of rotatable bonds is 4. The van der Waals surface area contributed by atoms with Gasteiger partial charge in [0.2, 0.25) is 0 Å². The van der Waals surface area contributed by atoms with Crippen molar-refractivity contribution in [1.29, 1.82) is 5.26 Å². The Labute approximate surface area is 135 Å². The fourth-order valence-electron chi connectivity index (χ4n) is 3.60. The number of hydrogen-bond acceptors (Lipinski definition) is 3. The zero-order valence-corrected chi connectivity index (χ0v) is 14.2. The third-order valence-electron chi connectivity index (χ3n) is 5.45. The number of hydrogen-bond donors (Lipinski definition) is 1. The molecule has 0 unspecified atom stereocenters. The Kier molecular flexibility index (Phi) is 5.26. The highest BCUT2D eigenvalue weighted by molar-refractivity contribution is 5.23. The van der Waals surface area contributed by atoms with E-state index in [0.717, 1.165) is 32.5 Å². The molecule has 0 spiro atoms.